The highest BCUT2D eigenvalue weighted by atomic mass is 16.5. The lowest BCUT2D eigenvalue weighted by molar-refractivity contribution is -0.118. The van der Waals surface area contributed by atoms with Gasteiger partial charge in [0.05, 0.1) is 19.6 Å². The van der Waals surface area contributed by atoms with Crippen molar-refractivity contribution in [3.05, 3.63) is 29.8 Å². The molecule has 0 amide bonds. The van der Waals surface area contributed by atoms with E-state index in [9.17, 15) is 4.79 Å². The van der Waals surface area contributed by atoms with Crippen LogP contribution in [0.5, 0.6) is 5.75 Å². The maximum atomic E-state index is 11.5. The molecule has 0 saturated carbocycles. The van der Waals surface area contributed by atoms with Gasteiger partial charge in [-0.25, -0.2) is 0 Å². The normalized spacial score (nSPS) is 21.2. The number of para-hydroxylation sites is 1. The third-order valence-electron chi connectivity index (χ3n) is 2.43. The zero-order chi connectivity index (χ0) is 9.97. The molecule has 0 aromatic heterocycles. The minimum Gasteiger partial charge on any atom is -0.496 e. The average Bonchev–Trinajstić information content (AvgIpc) is 2.64. The Labute approximate surface area is 82.6 Å². The fourth-order valence-electron chi connectivity index (χ4n) is 1.69. The van der Waals surface area contributed by atoms with Crippen molar-refractivity contribution in [2.24, 2.45) is 0 Å². The number of carbonyl (C=O) groups is 1. The predicted octanol–water partition coefficient (Wildman–Crippen LogP) is 1.38. The summed E-state index contributed by atoms with van der Waals surface area (Å²) in [6, 6.07) is 7.57. The molecule has 1 heterocycles. The van der Waals surface area contributed by atoms with Crippen molar-refractivity contribution < 1.29 is 14.3 Å². The molecule has 1 saturated heterocycles. The summed E-state index contributed by atoms with van der Waals surface area (Å²) >= 11 is 0. The number of rotatable bonds is 2. The maximum absolute atomic E-state index is 11.5. The van der Waals surface area contributed by atoms with E-state index in [2.05, 4.69) is 0 Å². The molecular formula is C11H12O3. The lowest BCUT2D eigenvalue weighted by Gasteiger charge is -2.11. The monoisotopic (exact) mass is 192 g/mol. The lowest BCUT2D eigenvalue weighted by atomic mass is 9.97. The van der Waals surface area contributed by atoms with Crippen molar-refractivity contribution in [2.75, 3.05) is 20.3 Å². The summed E-state index contributed by atoms with van der Waals surface area (Å²) in [6.45, 7) is 0.696. The number of Topliss-reactive ketones (excluding diaryl/α,β-unsaturated/α-hetero) is 1. The molecule has 3 nitrogen and oxygen atoms in total. The van der Waals surface area contributed by atoms with Crippen molar-refractivity contribution in [3.63, 3.8) is 0 Å². The van der Waals surface area contributed by atoms with Gasteiger partial charge in [-0.2, -0.15) is 0 Å². The Balaban J connectivity index is 2.35. The van der Waals surface area contributed by atoms with E-state index in [0.717, 1.165) is 11.3 Å². The highest BCUT2D eigenvalue weighted by Gasteiger charge is 2.28. The highest BCUT2D eigenvalue weighted by Crippen LogP contribution is 2.29. The van der Waals surface area contributed by atoms with Crippen LogP contribution in [0.1, 0.15) is 11.5 Å². The maximum Gasteiger partial charge on any atom is 0.168 e. The lowest BCUT2D eigenvalue weighted by Crippen LogP contribution is -2.10. The second kappa shape index (κ2) is 3.80. The summed E-state index contributed by atoms with van der Waals surface area (Å²) in [4.78, 5) is 11.5. The van der Waals surface area contributed by atoms with Crippen LogP contribution in [0.25, 0.3) is 0 Å². The van der Waals surface area contributed by atoms with Crippen LogP contribution in [0.4, 0.5) is 0 Å². The second-order valence-corrected chi connectivity index (χ2v) is 3.28. The van der Waals surface area contributed by atoms with Crippen LogP contribution in [-0.2, 0) is 9.53 Å². The standard InChI is InChI=1S/C11H12O3/c1-13-11-5-3-2-4-8(11)9-6-14-7-10(9)12/h2-5,9H,6-7H2,1H3/t9-/m0/s1. The van der Waals surface area contributed by atoms with E-state index in [1.165, 1.54) is 0 Å². The molecule has 0 aliphatic carbocycles. The van der Waals surface area contributed by atoms with Crippen LogP contribution in [-0.4, -0.2) is 26.1 Å². The van der Waals surface area contributed by atoms with E-state index in [4.69, 9.17) is 9.47 Å². The Morgan fingerprint density at radius 1 is 1.43 bits per heavy atom. The van der Waals surface area contributed by atoms with Crippen molar-refractivity contribution in [1.29, 1.82) is 0 Å². The summed E-state index contributed by atoms with van der Waals surface area (Å²) in [6.07, 6.45) is 0. The van der Waals surface area contributed by atoms with Crippen LogP contribution in [0.2, 0.25) is 0 Å². The first-order valence-corrected chi connectivity index (χ1v) is 4.56. The first-order chi connectivity index (χ1) is 6.83. The topological polar surface area (TPSA) is 35.5 Å². The fraction of sp³-hybridized carbons (Fsp3) is 0.364. The van der Waals surface area contributed by atoms with Crippen molar-refractivity contribution >= 4 is 5.78 Å². The first kappa shape index (κ1) is 9.21. The van der Waals surface area contributed by atoms with Gasteiger partial charge in [0.2, 0.25) is 0 Å². The molecule has 0 bridgehead atoms. The molecule has 0 unspecified atom stereocenters. The van der Waals surface area contributed by atoms with Gasteiger partial charge in [-0.05, 0) is 6.07 Å². The largest absolute Gasteiger partial charge is 0.496 e. The van der Waals surface area contributed by atoms with E-state index in [1.807, 2.05) is 24.3 Å². The predicted molar refractivity (Wildman–Crippen MR) is 51.6 cm³/mol. The zero-order valence-corrected chi connectivity index (χ0v) is 8.03. The van der Waals surface area contributed by atoms with Gasteiger partial charge in [-0.1, -0.05) is 18.2 Å². The average molecular weight is 192 g/mol. The summed E-state index contributed by atoms with van der Waals surface area (Å²) in [5, 5.41) is 0. The number of hydrogen-bond donors (Lipinski definition) is 0. The second-order valence-electron chi connectivity index (χ2n) is 3.28. The molecule has 1 fully saturated rings. The zero-order valence-electron chi connectivity index (χ0n) is 8.03. The summed E-state index contributed by atoms with van der Waals surface area (Å²) in [5.41, 5.74) is 0.928. The summed E-state index contributed by atoms with van der Waals surface area (Å²) < 4.78 is 10.3. The summed E-state index contributed by atoms with van der Waals surface area (Å²) in [5.74, 6) is 0.747. The molecule has 1 aromatic carbocycles. The third kappa shape index (κ3) is 1.51. The van der Waals surface area contributed by atoms with Crippen molar-refractivity contribution in [1.82, 2.24) is 0 Å². The van der Waals surface area contributed by atoms with Gasteiger partial charge >= 0.3 is 0 Å². The van der Waals surface area contributed by atoms with E-state index in [1.54, 1.807) is 7.11 Å². The van der Waals surface area contributed by atoms with E-state index in [-0.39, 0.29) is 18.3 Å². The van der Waals surface area contributed by atoms with Gasteiger partial charge in [0.1, 0.15) is 12.4 Å². The third-order valence-corrected chi connectivity index (χ3v) is 2.43. The Bertz CT molecular complexity index is 346. The molecule has 1 aliphatic rings. The van der Waals surface area contributed by atoms with Gasteiger partial charge in [0, 0.05) is 5.56 Å². The fourth-order valence-corrected chi connectivity index (χ4v) is 1.69. The molecule has 0 N–H and O–H groups in total. The molecule has 2 rings (SSSR count). The molecule has 0 radical (unpaired) electrons. The van der Waals surface area contributed by atoms with E-state index >= 15 is 0 Å². The smallest absolute Gasteiger partial charge is 0.168 e. The Morgan fingerprint density at radius 2 is 2.21 bits per heavy atom. The Kier molecular flexibility index (Phi) is 2.50. The Hall–Kier alpha value is -1.35. The van der Waals surface area contributed by atoms with Crippen molar-refractivity contribution in [2.45, 2.75) is 5.92 Å². The van der Waals surface area contributed by atoms with Crippen LogP contribution >= 0.6 is 0 Å². The SMILES string of the molecule is COc1ccccc1[C@@H]1COCC1=O. The minimum absolute atomic E-state index is 0.134. The number of carbonyl (C=O) groups excluding carboxylic acids is 1. The van der Waals surface area contributed by atoms with E-state index < -0.39 is 0 Å². The Morgan fingerprint density at radius 3 is 2.86 bits per heavy atom. The molecule has 3 heteroatoms. The molecule has 1 atom stereocenters. The van der Waals surface area contributed by atoms with Gasteiger partial charge < -0.3 is 9.47 Å². The van der Waals surface area contributed by atoms with Crippen LogP contribution in [0, 0.1) is 0 Å². The van der Waals surface area contributed by atoms with Gasteiger partial charge in [-0.3, -0.25) is 4.79 Å². The van der Waals surface area contributed by atoms with Gasteiger partial charge in [-0.15, -0.1) is 0 Å². The number of ether oxygens (including phenoxy) is 2. The van der Waals surface area contributed by atoms with Crippen LogP contribution < -0.4 is 4.74 Å². The quantitative estimate of drug-likeness (QED) is 0.710. The number of methoxy groups -OCH3 is 1. The van der Waals surface area contributed by atoms with Gasteiger partial charge in [0.25, 0.3) is 0 Å². The highest BCUT2D eigenvalue weighted by molar-refractivity contribution is 5.89. The molecule has 0 spiro atoms. The van der Waals surface area contributed by atoms with Gasteiger partial charge in [0.15, 0.2) is 5.78 Å². The number of hydrogen-bond acceptors (Lipinski definition) is 3. The molecule has 1 aliphatic heterocycles. The summed E-state index contributed by atoms with van der Waals surface area (Å²) in [7, 11) is 1.61. The molecule has 74 valence electrons. The minimum atomic E-state index is -0.147. The van der Waals surface area contributed by atoms with Crippen LogP contribution in [0.15, 0.2) is 24.3 Å². The molecule has 14 heavy (non-hydrogen) atoms. The van der Waals surface area contributed by atoms with Crippen molar-refractivity contribution in [3.8, 4) is 5.75 Å². The molecule has 1 aromatic rings. The van der Waals surface area contributed by atoms with Crippen LogP contribution in [0.3, 0.4) is 0 Å². The number of ketones is 1. The first-order valence-electron chi connectivity index (χ1n) is 4.56. The molecular weight excluding hydrogens is 180 g/mol. The number of benzene rings is 1. The van der Waals surface area contributed by atoms with E-state index in [0.29, 0.717) is 6.61 Å².